The molecular weight excluding hydrogens is 540 g/mol. The number of carbonyl (C=O) groups excluding carboxylic acids is 2. The van der Waals surface area contributed by atoms with E-state index in [1.807, 2.05) is 97.1 Å². The Hall–Kier alpha value is -4.66. The predicted molar refractivity (Wildman–Crippen MR) is 169 cm³/mol. The molecule has 2 amide bonds. The predicted octanol–water partition coefficient (Wildman–Crippen LogP) is 6.57. The Labute approximate surface area is 253 Å². The van der Waals surface area contributed by atoms with Gasteiger partial charge >= 0.3 is 6.09 Å². The number of nitrogens with one attached hydrogen (secondary N) is 1. The van der Waals surface area contributed by atoms with Crippen LogP contribution in [0, 0.1) is 0 Å². The van der Waals surface area contributed by atoms with Crippen LogP contribution < -0.4 is 15.2 Å². The molecule has 0 aliphatic carbocycles. The fourth-order valence-electron chi connectivity index (χ4n) is 5.24. The topological polar surface area (TPSA) is 85.4 Å². The number of amides is 2. The van der Waals surface area contributed by atoms with Gasteiger partial charge in [0.1, 0.15) is 12.4 Å². The first-order valence-corrected chi connectivity index (χ1v) is 14.8. The number of aromatic hydroxyl groups is 1. The lowest BCUT2D eigenvalue weighted by atomic mass is 10.0. The van der Waals surface area contributed by atoms with Crippen LogP contribution in [0.2, 0.25) is 0 Å². The average molecular weight is 579 g/mol. The van der Waals surface area contributed by atoms with Crippen LogP contribution >= 0.6 is 0 Å². The number of ether oxygens (including phenoxy) is 1. The van der Waals surface area contributed by atoms with Gasteiger partial charge in [-0.25, -0.2) is 14.8 Å². The van der Waals surface area contributed by atoms with Gasteiger partial charge in [0.2, 0.25) is 5.91 Å². The summed E-state index contributed by atoms with van der Waals surface area (Å²) in [6.07, 6.45) is 2.67. The number of rotatable bonds is 11. The Morgan fingerprint density at radius 3 is 2.16 bits per heavy atom. The monoisotopic (exact) mass is 578 g/mol. The highest BCUT2D eigenvalue weighted by Gasteiger charge is 2.29. The quantitative estimate of drug-likeness (QED) is 0.196. The minimum absolute atomic E-state index is 0.0374. The third-order valence-electron chi connectivity index (χ3n) is 7.45. The van der Waals surface area contributed by atoms with E-state index in [0.29, 0.717) is 6.54 Å². The first-order chi connectivity index (χ1) is 21.1. The highest BCUT2D eigenvalue weighted by molar-refractivity contribution is 5.95. The molecule has 5 rings (SSSR count). The second-order valence-corrected chi connectivity index (χ2v) is 10.5. The van der Waals surface area contributed by atoms with Crippen molar-refractivity contribution < 1.29 is 19.4 Å². The maximum absolute atomic E-state index is 13.7. The second kappa shape index (κ2) is 15.0. The Balaban J connectivity index is 1.27. The van der Waals surface area contributed by atoms with Crippen molar-refractivity contribution in [3.8, 4) is 16.9 Å². The van der Waals surface area contributed by atoms with Gasteiger partial charge in [0.05, 0.1) is 18.8 Å². The second-order valence-electron chi connectivity index (χ2n) is 10.5. The van der Waals surface area contributed by atoms with Gasteiger partial charge in [-0.2, -0.15) is 0 Å². The average Bonchev–Trinajstić information content (AvgIpc) is 3.05. The summed E-state index contributed by atoms with van der Waals surface area (Å²) >= 11 is 0. The Bertz CT molecular complexity index is 1460. The van der Waals surface area contributed by atoms with E-state index < -0.39 is 6.09 Å². The van der Waals surface area contributed by atoms with E-state index in [2.05, 4.69) is 10.3 Å². The van der Waals surface area contributed by atoms with Crippen LogP contribution in [0.15, 0.2) is 109 Å². The van der Waals surface area contributed by atoms with Crippen LogP contribution in [0.1, 0.15) is 31.2 Å². The van der Waals surface area contributed by atoms with Gasteiger partial charge < -0.3 is 9.84 Å². The first kappa shape index (κ1) is 29.8. The molecule has 1 heterocycles. The molecule has 0 saturated carbocycles. The van der Waals surface area contributed by atoms with E-state index in [9.17, 15) is 14.7 Å². The summed E-state index contributed by atoms with van der Waals surface area (Å²) in [6, 6.07) is 34.2. The van der Waals surface area contributed by atoms with Crippen LogP contribution in [0.4, 0.5) is 16.2 Å². The van der Waals surface area contributed by atoms with Crippen molar-refractivity contribution in [3.05, 3.63) is 115 Å². The minimum Gasteiger partial charge on any atom is -0.508 e. The maximum atomic E-state index is 13.7. The summed E-state index contributed by atoms with van der Waals surface area (Å²) in [5, 5.41) is 16.5. The summed E-state index contributed by atoms with van der Waals surface area (Å²) in [5.74, 6) is 0.0493. The number of phenols is 1. The molecule has 0 radical (unpaired) electrons. The van der Waals surface area contributed by atoms with Gasteiger partial charge in [-0.15, -0.1) is 0 Å². The molecule has 4 aromatic rings. The lowest BCUT2D eigenvalue weighted by Crippen LogP contribution is -2.50. The molecule has 4 aromatic carbocycles. The number of hydrazine groups is 1. The van der Waals surface area contributed by atoms with E-state index in [-0.39, 0.29) is 31.4 Å². The number of para-hydroxylation sites is 2. The zero-order valence-corrected chi connectivity index (χ0v) is 24.3. The molecule has 0 spiro atoms. The normalized spacial score (nSPS) is 13.3. The maximum Gasteiger partial charge on any atom is 0.429 e. The van der Waals surface area contributed by atoms with Crippen molar-refractivity contribution in [1.29, 1.82) is 0 Å². The molecule has 1 aliphatic rings. The van der Waals surface area contributed by atoms with Gasteiger partial charge in [0.15, 0.2) is 0 Å². The van der Waals surface area contributed by atoms with Gasteiger partial charge in [-0.05, 0) is 54.3 Å². The summed E-state index contributed by atoms with van der Waals surface area (Å²) in [4.78, 5) is 28.8. The zero-order chi connectivity index (χ0) is 29.9. The molecular formula is C35H38N4O4. The third-order valence-corrected chi connectivity index (χ3v) is 7.45. The highest BCUT2D eigenvalue weighted by Crippen LogP contribution is 2.33. The van der Waals surface area contributed by atoms with Crippen molar-refractivity contribution in [2.45, 2.75) is 32.2 Å². The molecule has 0 unspecified atom stereocenters. The number of nitrogens with zero attached hydrogens (tertiary/aromatic N) is 3. The van der Waals surface area contributed by atoms with E-state index >= 15 is 0 Å². The van der Waals surface area contributed by atoms with Crippen molar-refractivity contribution in [2.75, 3.05) is 36.3 Å². The lowest BCUT2D eigenvalue weighted by molar-refractivity contribution is -0.119. The fraction of sp³-hybridized carbons (Fsp3) is 0.257. The molecule has 2 N–H and O–H groups in total. The van der Waals surface area contributed by atoms with Gasteiger partial charge in [0, 0.05) is 30.9 Å². The summed E-state index contributed by atoms with van der Waals surface area (Å²) in [5.41, 5.74) is 4.46. The van der Waals surface area contributed by atoms with Gasteiger partial charge in [-0.1, -0.05) is 85.3 Å². The number of phenolic OH excluding ortho intramolecular Hbond substituents is 1. The van der Waals surface area contributed by atoms with E-state index in [1.165, 1.54) is 0 Å². The Morgan fingerprint density at radius 2 is 1.44 bits per heavy atom. The summed E-state index contributed by atoms with van der Waals surface area (Å²) in [7, 11) is 0. The standard InChI is InChI=1S/C35H38N4O4/c40-31-20-18-28(19-21-31)26-36-27-38(30-14-6-2-7-15-30)34(41)22-25-43-35(42)39(37-23-10-3-11-24-37)33-17-9-8-16-32(33)29-12-4-1-5-13-29/h1-2,4-9,12-21,36,40H,3,10-11,22-27H2. The summed E-state index contributed by atoms with van der Waals surface area (Å²) < 4.78 is 5.80. The fourth-order valence-corrected chi connectivity index (χ4v) is 5.24. The largest absolute Gasteiger partial charge is 0.508 e. The number of anilines is 2. The SMILES string of the molecule is O=C(CCOC(=O)N(c1ccccc1-c1ccccc1)N1CCCCC1)N(CNCc1ccc(O)cc1)c1ccccc1. The smallest absolute Gasteiger partial charge is 0.429 e. The van der Waals surface area contributed by atoms with Gasteiger partial charge in [0.25, 0.3) is 0 Å². The molecule has 1 fully saturated rings. The van der Waals surface area contributed by atoms with Crippen molar-refractivity contribution in [2.24, 2.45) is 0 Å². The Morgan fingerprint density at radius 1 is 0.791 bits per heavy atom. The molecule has 8 nitrogen and oxygen atoms in total. The van der Waals surface area contributed by atoms with Crippen LogP contribution in [0.5, 0.6) is 5.75 Å². The molecule has 8 heteroatoms. The number of hydrogen-bond donors (Lipinski definition) is 2. The molecule has 0 atom stereocenters. The number of hydrogen-bond acceptors (Lipinski definition) is 6. The molecule has 1 aliphatic heterocycles. The zero-order valence-electron chi connectivity index (χ0n) is 24.3. The van der Waals surface area contributed by atoms with Crippen LogP contribution in [0.3, 0.4) is 0 Å². The number of carbonyl (C=O) groups is 2. The van der Waals surface area contributed by atoms with Crippen molar-refractivity contribution in [3.63, 3.8) is 0 Å². The van der Waals surface area contributed by atoms with Crippen molar-refractivity contribution >= 4 is 23.4 Å². The van der Waals surface area contributed by atoms with E-state index in [0.717, 1.165) is 60.4 Å². The summed E-state index contributed by atoms with van der Waals surface area (Å²) in [6.45, 7) is 2.27. The third kappa shape index (κ3) is 8.00. The molecule has 0 bridgehead atoms. The Kier molecular flexibility index (Phi) is 10.4. The van der Waals surface area contributed by atoms with Crippen LogP contribution in [-0.2, 0) is 16.1 Å². The lowest BCUT2D eigenvalue weighted by Gasteiger charge is -2.37. The van der Waals surface area contributed by atoms with E-state index in [4.69, 9.17) is 4.74 Å². The van der Waals surface area contributed by atoms with E-state index in [1.54, 1.807) is 22.0 Å². The van der Waals surface area contributed by atoms with Crippen LogP contribution in [0.25, 0.3) is 11.1 Å². The molecule has 0 aromatic heterocycles. The van der Waals surface area contributed by atoms with Crippen LogP contribution in [-0.4, -0.2) is 48.5 Å². The van der Waals surface area contributed by atoms with Gasteiger partial charge in [-0.3, -0.25) is 15.0 Å². The molecule has 1 saturated heterocycles. The first-order valence-electron chi connectivity index (χ1n) is 14.8. The van der Waals surface area contributed by atoms with Crippen molar-refractivity contribution in [1.82, 2.24) is 10.3 Å². The number of benzene rings is 4. The molecule has 222 valence electrons. The molecule has 43 heavy (non-hydrogen) atoms. The minimum atomic E-state index is -0.491. The highest BCUT2D eigenvalue weighted by atomic mass is 16.6. The number of piperidine rings is 1.